The maximum absolute atomic E-state index is 13.2. The van der Waals surface area contributed by atoms with Crippen molar-refractivity contribution in [2.75, 3.05) is 6.54 Å². The summed E-state index contributed by atoms with van der Waals surface area (Å²) in [5, 5.41) is 3.39. The van der Waals surface area contributed by atoms with E-state index in [1.54, 1.807) is 6.07 Å². The highest BCUT2D eigenvalue weighted by Crippen LogP contribution is 2.32. The van der Waals surface area contributed by atoms with E-state index in [-0.39, 0.29) is 5.82 Å². The number of nitrogens with one attached hydrogen (secondary N) is 1. The van der Waals surface area contributed by atoms with Crippen LogP contribution in [0.3, 0.4) is 0 Å². The van der Waals surface area contributed by atoms with Gasteiger partial charge in [0.2, 0.25) is 0 Å². The van der Waals surface area contributed by atoms with Crippen LogP contribution in [-0.2, 0) is 13.0 Å². The Morgan fingerprint density at radius 1 is 1.26 bits per heavy atom. The molecule has 0 heterocycles. The summed E-state index contributed by atoms with van der Waals surface area (Å²) in [5.74, 6) is 3.22. The van der Waals surface area contributed by atoms with Gasteiger partial charge in [-0.25, -0.2) is 4.39 Å². The molecule has 0 bridgehead atoms. The smallest absolute Gasteiger partial charge is 0.123 e. The van der Waals surface area contributed by atoms with E-state index in [4.69, 9.17) is 11.2 Å². The zero-order valence-corrected chi connectivity index (χ0v) is 13.0. The molecule has 0 radical (unpaired) electrons. The van der Waals surface area contributed by atoms with Gasteiger partial charge in [-0.05, 0) is 60.2 Å². The second-order valence-corrected chi connectivity index (χ2v) is 5.81. The predicted molar refractivity (Wildman–Crippen MR) is 89.7 cm³/mol. The number of benzene rings is 2. The fourth-order valence-corrected chi connectivity index (χ4v) is 3.07. The molecule has 0 saturated carbocycles. The lowest BCUT2D eigenvalue weighted by Crippen LogP contribution is -2.25. The van der Waals surface area contributed by atoms with E-state index in [0.717, 1.165) is 30.6 Å². The fraction of sp³-hybridized carbons (Fsp3) is 0.300. The van der Waals surface area contributed by atoms with E-state index in [1.807, 2.05) is 12.1 Å². The summed E-state index contributed by atoms with van der Waals surface area (Å²) in [7, 11) is 0. The van der Waals surface area contributed by atoms with Crippen LogP contribution in [0.4, 0.5) is 4.39 Å². The van der Waals surface area contributed by atoms with Crippen LogP contribution >= 0.6 is 0 Å². The molecule has 0 aromatic heterocycles. The Morgan fingerprint density at radius 3 is 3.00 bits per heavy atom. The molecule has 1 unspecified atom stereocenters. The van der Waals surface area contributed by atoms with Gasteiger partial charge in [-0.3, -0.25) is 5.32 Å². The first-order valence-corrected chi connectivity index (χ1v) is 7.93. The standard InChI is InChI=1S/C20H20FNO/c1-2-11-22-20-8-4-6-16-13-18(9-10-19(16)20)23-14-15-5-3-7-17(21)12-15/h1,3,5,7,9-10,12-13,20,22H,4,6,8,11,14H2. The van der Waals surface area contributed by atoms with Crippen molar-refractivity contribution < 1.29 is 9.13 Å². The summed E-state index contributed by atoms with van der Waals surface area (Å²) in [6.07, 6.45) is 8.64. The molecule has 2 aromatic carbocycles. The first kappa shape index (κ1) is 15.6. The number of hydrogen-bond acceptors (Lipinski definition) is 2. The van der Waals surface area contributed by atoms with Crippen molar-refractivity contribution in [3.8, 4) is 18.1 Å². The van der Waals surface area contributed by atoms with Crippen molar-refractivity contribution in [2.24, 2.45) is 0 Å². The molecular weight excluding hydrogens is 289 g/mol. The Bertz CT molecular complexity index is 720. The van der Waals surface area contributed by atoms with Crippen molar-refractivity contribution in [3.63, 3.8) is 0 Å². The van der Waals surface area contributed by atoms with Crippen LogP contribution in [0.25, 0.3) is 0 Å². The average Bonchev–Trinajstić information content (AvgIpc) is 2.58. The minimum absolute atomic E-state index is 0.237. The largest absolute Gasteiger partial charge is 0.489 e. The van der Waals surface area contributed by atoms with Crippen LogP contribution in [-0.4, -0.2) is 6.54 Å². The molecule has 0 fully saturated rings. The van der Waals surface area contributed by atoms with Gasteiger partial charge in [-0.15, -0.1) is 6.42 Å². The van der Waals surface area contributed by atoms with Crippen molar-refractivity contribution in [2.45, 2.75) is 31.9 Å². The molecule has 0 saturated heterocycles. The molecule has 0 spiro atoms. The number of ether oxygens (including phenoxy) is 1. The molecule has 1 N–H and O–H groups in total. The Balaban J connectivity index is 1.69. The zero-order valence-electron chi connectivity index (χ0n) is 13.0. The fourth-order valence-electron chi connectivity index (χ4n) is 3.07. The highest BCUT2D eigenvalue weighted by Gasteiger charge is 2.19. The molecule has 3 heteroatoms. The Labute approximate surface area is 136 Å². The monoisotopic (exact) mass is 309 g/mol. The number of halogens is 1. The lowest BCUT2D eigenvalue weighted by molar-refractivity contribution is 0.304. The van der Waals surface area contributed by atoms with E-state index >= 15 is 0 Å². The van der Waals surface area contributed by atoms with Crippen molar-refractivity contribution in [1.29, 1.82) is 0 Å². The van der Waals surface area contributed by atoms with Crippen LogP contribution in [0.15, 0.2) is 42.5 Å². The van der Waals surface area contributed by atoms with E-state index in [1.165, 1.54) is 23.3 Å². The Kier molecular flexibility index (Phi) is 4.95. The van der Waals surface area contributed by atoms with Gasteiger partial charge in [0.25, 0.3) is 0 Å². The summed E-state index contributed by atoms with van der Waals surface area (Å²) in [5.41, 5.74) is 3.45. The Hall–Kier alpha value is -2.31. The van der Waals surface area contributed by atoms with E-state index < -0.39 is 0 Å². The maximum Gasteiger partial charge on any atom is 0.123 e. The molecule has 3 rings (SSSR count). The van der Waals surface area contributed by atoms with Crippen LogP contribution < -0.4 is 10.1 Å². The number of aryl methyl sites for hydroxylation is 1. The summed E-state index contributed by atoms with van der Waals surface area (Å²) in [6, 6.07) is 13.0. The molecule has 2 aromatic rings. The molecular formula is C20H20FNO. The normalized spacial score (nSPS) is 16.4. The predicted octanol–water partition coefficient (Wildman–Crippen LogP) is 4.00. The number of hydrogen-bond donors (Lipinski definition) is 1. The number of terminal acetylenes is 1. The van der Waals surface area contributed by atoms with E-state index in [2.05, 4.69) is 23.4 Å². The van der Waals surface area contributed by atoms with Gasteiger partial charge in [-0.1, -0.05) is 24.1 Å². The van der Waals surface area contributed by atoms with Gasteiger partial charge < -0.3 is 4.74 Å². The topological polar surface area (TPSA) is 21.3 Å². The van der Waals surface area contributed by atoms with Gasteiger partial charge in [0, 0.05) is 6.04 Å². The minimum Gasteiger partial charge on any atom is -0.489 e. The third-order valence-corrected chi connectivity index (χ3v) is 4.17. The molecule has 0 amide bonds. The van der Waals surface area contributed by atoms with Gasteiger partial charge in [0.1, 0.15) is 18.2 Å². The number of fused-ring (bicyclic) bond motifs is 1. The number of rotatable bonds is 5. The second kappa shape index (κ2) is 7.30. The lowest BCUT2D eigenvalue weighted by Gasteiger charge is -2.26. The molecule has 23 heavy (non-hydrogen) atoms. The minimum atomic E-state index is -0.237. The van der Waals surface area contributed by atoms with E-state index in [9.17, 15) is 4.39 Å². The van der Waals surface area contributed by atoms with Crippen LogP contribution in [0, 0.1) is 18.2 Å². The van der Waals surface area contributed by atoms with E-state index in [0.29, 0.717) is 19.2 Å². The zero-order chi connectivity index (χ0) is 16.1. The van der Waals surface area contributed by atoms with Gasteiger partial charge in [0.05, 0.1) is 6.54 Å². The Morgan fingerprint density at radius 2 is 2.17 bits per heavy atom. The van der Waals surface area contributed by atoms with Crippen molar-refractivity contribution >= 4 is 0 Å². The molecule has 2 nitrogen and oxygen atoms in total. The summed E-state index contributed by atoms with van der Waals surface area (Å²) < 4.78 is 19.0. The van der Waals surface area contributed by atoms with Gasteiger partial charge in [-0.2, -0.15) is 0 Å². The SMILES string of the molecule is C#CCNC1CCCc2cc(OCc3cccc(F)c3)ccc21. The van der Waals surface area contributed by atoms with Crippen LogP contribution in [0.1, 0.15) is 35.6 Å². The second-order valence-electron chi connectivity index (χ2n) is 5.81. The molecule has 1 aliphatic rings. The van der Waals surface area contributed by atoms with Crippen LogP contribution in [0.2, 0.25) is 0 Å². The summed E-state index contributed by atoms with van der Waals surface area (Å²) in [6.45, 7) is 0.956. The quantitative estimate of drug-likeness (QED) is 0.843. The van der Waals surface area contributed by atoms with Crippen molar-refractivity contribution in [3.05, 3.63) is 65.0 Å². The highest BCUT2D eigenvalue weighted by molar-refractivity contribution is 5.39. The molecule has 118 valence electrons. The first-order chi connectivity index (χ1) is 11.3. The molecule has 1 atom stereocenters. The van der Waals surface area contributed by atoms with Crippen molar-refractivity contribution in [1.82, 2.24) is 5.32 Å². The molecule has 0 aliphatic heterocycles. The average molecular weight is 309 g/mol. The summed E-state index contributed by atoms with van der Waals surface area (Å²) >= 11 is 0. The first-order valence-electron chi connectivity index (χ1n) is 7.93. The molecule has 1 aliphatic carbocycles. The maximum atomic E-state index is 13.2. The summed E-state index contributed by atoms with van der Waals surface area (Å²) in [4.78, 5) is 0. The van der Waals surface area contributed by atoms with Gasteiger partial charge in [0.15, 0.2) is 0 Å². The third-order valence-electron chi connectivity index (χ3n) is 4.17. The lowest BCUT2D eigenvalue weighted by atomic mass is 9.87. The third kappa shape index (κ3) is 3.91. The highest BCUT2D eigenvalue weighted by atomic mass is 19.1. The van der Waals surface area contributed by atoms with Crippen LogP contribution in [0.5, 0.6) is 5.75 Å². The van der Waals surface area contributed by atoms with Gasteiger partial charge >= 0.3 is 0 Å².